The molecule has 2 heterocycles. The summed E-state index contributed by atoms with van der Waals surface area (Å²) in [7, 11) is 0. The standard InChI is InChI=1S/C14H11ClN4O/c1-8-9(2)18-19-12(13(20)17-14(19)16-8)7-10-5-3-4-6-11(10)15/h3-7H,1-2H3. The molecule has 0 unspecified atom stereocenters. The summed E-state index contributed by atoms with van der Waals surface area (Å²) in [6, 6.07) is 7.28. The fraction of sp³-hybridized carbons (Fsp3) is 0.143. The molecule has 0 spiro atoms. The van der Waals surface area contributed by atoms with Crippen LogP contribution in [0.25, 0.3) is 6.08 Å². The molecule has 1 amide bonds. The molecule has 1 aromatic rings. The minimum absolute atomic E-state index is 0.302. The van der Waals surface area contributed by atoms with E-state index in [1.165, 1.54) is 5.01 Å². The summed E-state index contributed by atoms with van der Waals surface area (Å²) in [5.74, 6) is -0.0636. The first kappa shape index (κ1) is 12.7. The number of guanidine groups is 1. The van der Waals surface area contributed by atoms with Gasteiger partial charge in [-0.2, -0.15) is 15.1 Å². The number of hydrazone groups is 1. The van der Waals surface area contributed by atoms with Crippen molar-refractivity contribution in [3.8, 4) is 0 Å². The Morgan fingerprint density at radius 3 is 2.65 bits per heavy atom. The van der Waals surface area contributed by atoms with Crippen LogP contribution in [0.1, 0.15) is 19.4 Å². The number of amides is 1. The van der Waals surface area contributed by atoms with Crippen molar-refractivity contribution in [1.82, 2.24) is 5.01 Å². The van der Waals surface area contributed by atoms with Gasteiger partial charge in [0.15, 0.2) is 0 Å². The van der Waals surface area contributed by atoms with Crippen molar-refractivity contribution in [1.29, 1.82) is 0 Å². The summed E-state index contributed by atoms with van der Waals surface area (Å²) in [6.07, 6.45) is 1.67. The van der Waals surface area contributed by atoms with Gasteiger partial charge in [0.1, 0.15) is 5.70 Å². The minimum atomic E-state index is -0.366. The highest BCUT2D eigenvalue weighted by Gasteiger charge is 2.32. The number of fused-ring (bicyclic) bond motifs is 1. The highest BCUT2D eigenvalue weighted by atomic mass is 35.5. The van der Waals surface area contributed by atoms with Crippen LogP contribution in [0.15, 0.2) is 45.0 Å². The number of hydrogen-bond donors (Lipinski definition) is 0. The highest BCUT2D eigenvalue weighted by Crippen LogP contribution is 2.25. The Bertz CT molecular complexity index is 730. The SMILES string of the molecule is CC1=NC2=NC(=O)C(=Cc3ccccc3Cl)N2N=C1C. The van der Waals surface area contributed by atoms with Crippen molar-refractivity contribution >= 4 is 41.0 Å². The smallest absolute Gasteiger partial charge is 0.265 e. The fourth-order valence-electron chi connectivity index (χ4n) is 1.88. The van der Waals surface area contributed by atoms with Gasteiger partial charge >= 0.3 is 0 Å². The van der Waals surface area contributed by atoms with E-state index in [1.807, 2.05) is 32.0 Å². The zero-order valence-electron chi connectivity index (χ0n) is 11.0. The second-order valence-electron chi connectivity index (χ2n) is 4.46. The first-order valence-corrected chi connectivity index (χ1v) is 6.44. The molecule has 0 bridgehead atoms. The van der Waals surface area contributed by atoms with E-state index in [2.05, 4.69) is 15.1 Å². The maximum Gasteiger partial charge on any atom is 0.299 e. The van der Waals surface area contributed by atoms with Crippen LogP contribution in [-0.2, 0) is 4.79 Å². The van der Waals surface area contributed by atoms with Crippen molar-refractivity contribution in [2.75, 3.05) is 0 Å². The molecule has 0 N–H and O–H groups in total. The van der Waals surface area contributed by atoms with Gasteiger partial charge in [-0.15, -0.1) is 0 Å². The van der Waals surface area contributed by atoms with Crippen molar-refractivity contribution in [2.45, 2.75) is 13.8 Å². The van der Waals surface area contributed by atoms with E-state index in [4.69, 9.17) is 11.6 Å². The van der Waals surface area contributed by atoms with Gasteiger partial charge in [0.2, 0.25) is 0 Å². The molecule has 100 valence electrons. The lowest BCUT2D eigenvalue weighted by Crippen LogP contribution is -2.28. The lowest BCUT2D eigenvalue weighted by molar-refractivity contribution is -0.114. The van der Waals surface area contributed by atoms with Gasteiger partial charge in [0, 0.05) is 5.02 Å². The van der Waals surface area contributed by atoms with Crippen LogP contribution in [0.4, 0.5) is 0 Å². The van der Waals surface area contributed by atoms with Gasteiger partial charge in [-0.05, 0) is 31.6 Å². The summed E-state index contributed by atoms with van der Waals surface area (Å²) < 4.78 is 0. The van der Waals surface area contributed by atoms with Crippen molar-refractivity contribution in [3.63, 3.8) is 0 Å². The largest absolute Gasteiger partial charge is 0.299 e. The zero-order valence-corrected chi connectivity index (χ0v) is 11.7. The Labute approximate surface area is 121 Å². The van der Waals surface area contributed by atoms with Crippen LogP contribution in [0.5, 0.6) is 0 Å². The number of aliphatic imine (C=N–C) groups is 2. The molecule has 6 heteroatoms. The summed E-state index contributed by atoms with van der Waals surface area (Å²) in [5.41, 5.74) is 2.60. The van der Waals surface area contributed by atoms with Gasteiger partial charge in [0.25, 0.3) is 11.9 Å². The number of hydrogen-bond acceptors (Lipinski definition) is 4. The van der Waals surface area contributed by atoms with Gasteiger partial charge < -0.3 is 0 Å². The molecule has 2 aliphatic rings. The van der Waals surface area contributed by atoms with Gasteiger partial charge in [0.05, 0.1) is 11.4 Å². The normalized spacial score (nSPS) is 19.8. The van der Waals surface area contributed by atoms with E-state index in [0.717, 1.165) is 17.0 Å². The predicted molar refractivity (Wildman–Crippen MR) is 79.9 cm³/mol. The van der Waals surface area contributed by atoms with Crippen LogP contribution < -0.4 is 0 Å². The quantitative estimate of drug-likeness (QED) is 0.745. The van der Waals surface area contributed by atoms with Gasteiger partial charge in [-0.25, -0.2) is 4.99 Å². The van der Waals surface area contributed by atoms with Crippen LogP contribution in [0, 0.1) is 0 Å². The molecule has 0 radical (unpaired) electrons. The third-order valence-electron chi connectivity index (χ3n) is 3.08. The Morgan fingerprint density at radius 2 is 1.90 bits per heavy atom. The zero-order chi connectivity index (χ0) is 14.3. The average Bonchev–Trinajstić information content (AvgIpc) is 2.69. The number of carbonyl (C=O) groups is 1. The van der Waals surface area contributed by atoms with E-state index < -0.39 is 0 Å². The van der Waals surface area contributed by atoms with Crippen LogP contribution in [0.2, 0.25) is 5.02 Å². The van der Waals surface area contributed by atoms with Crippen LogP contribution >= 0.6 is 11.6 Å². The van der Waals surface area contributed by atoms with E-state index in [1.54, 1.807) is 12.1 Å². The van der Waals surface area contributed by atoms with Crippen LogP contribution in [0.3, 0.4) is 0 Å². The molecular formula is C14H11ClN4O. The molecule has 20 heavy (non-hydrogen) atoms. The summed E-state index contributed by atoms with van der Waals surface area (Å²) in [4.78, 5) is 20.1. The van der Waals surface area contributed by atoms with Crippen molar-refractivity contribution in [2.24, 2.45) is 15.1 Å². The van der Waals surface area contributed by atoms with Gasteiger partial charge in [-0.3, -0.25) is 4.79 Å². The van der Waals surface area contributed by atoms with E-state index in [0.29, 0.717) is 16.7 Å². The maximum absolute atomic E-state index is 12.0. The molecule has 0 atom stereocenters. The molecule has 2 aliphatic heterocycles. The predicted octanol–water partition coefficient (Wildman–Crippen LogP) is 2.73. The molecule has 0 aliphatic carbocycles. The fourth-order valence-corrected chi connectivity index (χ4v) is 2.07. The second kappa shape index (κ2) is 4.68. The van der Waals surface area contributed by atoms with E-state index >= 15 is 0 Å². The number of halogens is 1. The average molecular weight is 287 g/mol. The third-order valence-corrected chi connectivity index (χ3v) is 3.42. The lowest BCUT2D eigenvalue weighted by Gasteiger charge is -2.18. The topological polar surface area (TPSA) is 57.4 Å². The monoisotopic (exact) mass is 286 g/mol. The molecule has 3 rings (SSSR count). The Morgan fingerprint density at radius 1 is 1.15 bits per heavy atom. The maximum atomic E-state index is 12.0. The molecule has 1 aromatic carbocycles. The Kier molecular flexibility index (Phi) is 2.99. The van der Waals surface area contributed by atoms with E-state index in [-0.39, 0.29) is 5.91 Å². The number of benzene rings is 1. The van der Waals surface area contributed by atoms with E-state index in [9.17, 15) is 4.79 Å². The molecule has 0 aromatic heterocycles. The van der Waals surface area contributed by atoms with Gasteiger partial charge in [-0.1, -0.05) is 29.8 Å². The number of nitrogens with zero attached hydrogens (tertiary/aromatic N) is 4. The molecule has 0 saturated carbocycles. The van der Waals surface area contributed by atoms with Crippen molar-refractivity contribution in [3.05, 3.63) is 40.5 Å². The lowest BCUT2D eigenvalue weighted by atomic mass is 10.2. The molecule has 5 nitrogen and oxygen atoms in total. The summed E-state index contributed by atoms with van der Waals surface area (Å²) >= 11 is 6.10. The summed E-state index contributed by atoms with van der Waals surface area (Å²) in [6.45, 7) is 3.67. The number of carbonyl (C=O) groups excluding carboxylic acids is 1. The Balaban J connectivity index is 2.05. The minimum Gasteiger partial charge on any atom is -0.265 e. The first-order valence-electron chi connectivity index (χ1n) is 6.06. The molecular weight excluding hydrogens is 276 g/mol. The third kappa shape index (κ3) is 2.06. The first-order chi connectivity index (χ1) is 9.56. The molecule has 0 fully saturated rings. The molecule has 0 saturated heterocycles. The second-order valence-corrected chi connectivity index (χ2v) is 4.87. The van der Waals surface area contributed by atoms with Crippen LogP contribution in [-0.4, -0.2) is 28.3 Å². The number of rotatable bonds is 1. The summed E-state index contributed by atoms with van der Waals surface area (Å²) in [5, 5.41) is 6.36. The Hall–Kier alpha value is -2.27. The highest BCUT2D eigenvalue weighted by molar-refractivity contribution is 6.43. The van der Waals surface area contributed by atoms with Crippen molar-refractivity contribution < 1.29 is 4.79 Å².